The highest BCUT2D eigenvalue weighted by Gasteiger charge is 2.25. The zero-order valence-electron chi connectivity index (χ0n) is 12.1. The molecule has 0 aromatic carbocycles. The number of aromatic nitrogens is 1. The average Bonchev–Trinajstić information content (AvgIpc) is 2.71. The monoisotopic (exact) mass is 272 g/mol. The Labute approximate surface area is 114 Å². The van der Waals surface area contributed by atoms with E-state index in [1.165, 1.54) is 0 Å². The Kier molecular flexibility index (Phi) is 5.13. The summed E-state index contributed by atoms with van der Waals surface area (Å²) in [5.74, 6) is 0. The van der Waals surface area contributed by atoms with Gasteiger partial charge in [0.2, 0.25) is 0 Å². The fourth-order valence-corrected chi connectivity index (χ4v) is 2.92. The van der Waals surface area contributed by atoms with Crippen LogP contribution in [0.2, 0.25) is 0 Å². The topological polar surface area (TPSA) is 45.6 Å². The Bertz CT molecular complexity index is 385. The largest absolute Gasteiger partial charge is 0.391 e. The summed E-state index contributed by atoms with van der Waals surface area (Å²) < 4.78 is 5.16. The summed E-state index contributed by atoms with van der Waals surface area (Å²) >= 11 is 1.56. The van der Waals surface area contributed by atoms with Gasteiger partial charge in [-0.1, -0.05) is 32.1 Å². The molecule has 0 aliphatic rings. The first-order valence-corrected chi connectivity index (χ1v) is 6.95. The van der Waals surface area contributed by atoms with Gasteiger partial charge in [-0.15, -0.1) is 0 Å². The summed E-state index contributed by atoms with van der Waals surface area (Å²) in [6.07, 6.45) is 0. The van der Waals surface area contributed by atoms with Crippen LogP contribution in [0.5, 0.6) is 0 Å². The second kappa shape index (κ2) is 5.99. The third-order valence-corrected chi connectivity index (χ3v) is 4.04. The van der Waals surface area contributed by atoms with Crippen LogP contribution in [0.1, 0.15) is 38.3 Å². The first-order valence-electron chi connectivity index (χ1n) is 6.14. The van der Waals surface area contributed by atoms with Crippen molar-refractivity contribution in [3.63, 3.8) is 0 Å². The highest BCUT2D eigenvalue weighted by Crippen LogP contribution is 2.34. The summed E-state index contributed by atoms with van der Waals surface area (Å²) in [4.78, 5) is 7.74. The van der Waals surface area contributed by atoms with E-state index in [1.54, 1.807) is 18.4 Å². The van der Waals surface area contributed by atoms with Gasteiger partial charge >= 0.3 is 0 Å². The highest BCUT2D eigenvalue weighted by molar-refractivity contribution is 7.15. The number of aliphatic hydroxyl groups is 1. The molecule has 1 heterocycles. The number of thiazole rings is 1. The number of rotatable bonds is 5. The van der Waals surface area contributed by atoms with Gasteiger partial charge in [0.25, 0.3) is 0 Å². The molecule has 0 saturated heterocycles. The molecule has 104 valence electrons. The Hall–Kier alpha value is -0.650. The number of ether oxygens (including phenoxy) is 1. The van der Waals surface area contributed by atoms with E-state index in [0.29, 0.717) is 6.61 Å². The fourth-order valence-electron chi connectivity index (χ4n) is 1.72. The van der Waals surface area contributed by atoms with Crippen molar-refractivity contribution in [3.8, 4) is 0 Å². The van der Waals surface area contributed by atoms with Gasteiger partial charge in [-0.05, 0) is 6.92 Å². The molecule has 5 heteroatoms. The first kappa shape index (κ1) is 15.4. The lowest BCUT2D eigenvalue weighted by atomic mass is 9.91. The lowest BCUT2D eigenvalue weighted by Crippen LogP contribution is -2.32. The molecule has 0 amide bonds. The van der Waals surface area contributed by atoms with E-state index in [1.807, 2.05) is 7.05 Å². The zero-order valence-corrected chi connectivity index (χ0v) is 13.0. The van der Waals surface area contributed by atoms with Gasteiger partial charge in [0.1, 0.15) is 0 Å². The van der Waals surface area contributed by atoms with Gasteiger partial charge in [0.15, 0.2) is 5.13 Å². The van der Waals surface area contributed by atoms with E-state index in [9.17, 15) is 5.11 Å². The summed E-state index contributed by atoms with van der Waals surface area (Å²) in [6.45, 7) is 9.16. The van der Waals surface area contributed by atoms with Gasteiger partial charge in [0, 0.05) is 19.6 Å². The minimum Gasteiger partial charge on any atom is -0.391 e. The molecule has 1 rings (SSSR count). The van der Waals surface area contributed by atoms with Crippen LogP contribution >= 0.6 is 11.3 Å². The Morgan fingerprint density at radius 1 is 1.44 bits per heavy atom. The number of anilines is 1. The van der Waals surface area contributed by atoms with Crippen molar-refractivity contribution in [3.05, 3.63) is 10.6 Å². The number of aliphatic hydroxyl groups excluding tert-OH is 1. The molecule has 0 aliphatic carbocycles. The third kappa shape index (κ3) is 3.43. The van der Waals surface area contributed by atoms with Crippen LogP contribution in [-0.2, 0) is 16.8 Å². The standard InChI is InChI=1S/C13H24N2O2S/c1-9(8-17-6)15(5)12-14-11(13(2,3)4)10(7-16)18-12/h9,16H,7-8H2,1-6H3. The predicted molar refractivity (Wildman–Crippen MR) is 76.5 cm³/mol. The van der Waals surface area contributed by atoms with Gasteiger partial charge in [-0.25, -0.2) is 4.98 Å². The number of hydrogen-bond donors (Lipinski definition) is 1. The molecule has 0 spiro atoms. The van der Waals surface area contributed by atoms with Crippen molar-refractivity contribution < 1.29 is 9.84 Å². The second-order valence-electron chi connectivity index (χ2n) is 5.59. The molecular formula is C13H24N2O2S. The SMILES string of the molecule is COCC(C)N(C)c1nc(C(C)(C)C)c(CO)s1. The molecule has 0 fully saturated rings. The van der Waals surface area contributed by atoms with E-state index >= 15 is 0 Å². The Balaban J connectivity index is 3.01. The maximum atomic E-state index is 9.45. The van der Waals surface area contributed by atoms with Crippen LogP contribution in [0.3, 0.4) is 0 Å². The van der Waals surface area contributed by atoms with Crippen molar-refractivity contribution in [1.29, 1.82) is 0 Å². The lowest BCUT2D eigenvalue weighted by Gasteiger charge is -2.23. The van der Waals surface area contributed by atoms with Gasteiger partial charge in [-0.2, -0.15) is 0 Å². The number of likely N-dealkylation sites (N-methyl/N-ethyl adjacent to an activating group) is 1. The van der Waals surface area contributed by atoms with Crippen LogP contribution in [-0.4, -0.2) is 36.9 Å². The minimum atomic E-state index is -0.0435. The van der Waals surface area contributed by atoms with E-state index in [2.05, 4.69) is 37.6 Å². The molecule has 4 nitrogen and oxygen atoms in total. The summed E-state index contributed by atoms with van der Waals surface area (Å²) in [5.41, 5.74) is 0.944. The predicted octanol–water partition coefficient (Wildman–Crippen LogP) is 2.40. The quantitative estimate of drug-likeness (QED) is 0.894. The lowest BCUT2D eigenvalue weighted by molar-refractivity contribution is 0.183. The normalized spacial score (nSPS) is 13.7. The summed E-state index contributed by atoms with van der Waals surface area (Å²) in [7, 11) is 3.71. The molecule has 0 aliphatic heterocycles. The third-order valence-electron chi connectivity index (χ3n) is 2.91. The molecule has 1 N–H and O–H groups in total. The number of nitrogens with zero attached hydrogens (tertiary/aromatic N) is 2. The highest BCUT2D eigenvalue weighted by atomic mass is 32.1. The maximum absolute atomic E-state index is 9.45. The van der Waals surface area contributed by atoms with Crippen molar-refractivity contribution in [2.24, 2.45) is 0 Å². The summed E-state index contributed by atoms with van der Waals surface area (Å²) in [5, 5.41) is 10.4. The average molecular weight is 272 g/mol. The van der Waals surface area contributed by atoms with E-state index in [-0.39, 0.29) is 18.1 Å². The van der Waals surface area contributed by atoms with E-state index in [0.717, 1.165) is 15.7 Å². The second-order valence-corrected chi connectivity index (χ2v) is 6.65. The van der Waals surface area contributed by atoms with Gasteiger partial charge in [-0.3, -0.25) is 0 Å². The van der Waals surface area contributed by atoms with Crippen LogP contribution in [0.4, 0.5) is 5.13 Å². The van der Waals surface area contributed by atoms with Crippen LogP contribution in [0.25, 0.3) is 0 Å². The maximum Gasteiger partial charge on any atom is 0.185 e. The Morgan fingerprint density at radius 2 is 2.06 bits per heavy atom. The fraction of sp³-hybridized carbons (Fsp3) is 0.769. The smallest absolute Gasteiger partial charge is 0.185 e. The zero-order chi connectivity index (χ0) is 13.9. The minimum absolute atomic E-state index is 0.0435. The van der Waals surface area contributed by atoms with Crippen LogP contribution in [0.15, 0.2) is 0 Å². The van der Waals surface area contributed by atoms with Crippen molar-refractivity contribution >= 4 is 16.5 Å². The molecule has 0 saturated carbocycles. The molecule has 18 heavy (non-hydrogen) atoms. The van der Waals surface area contributed by atoms with Crippen molar-refractivity contribution in [2.75, 3.05) is 25.7 Å². The molecule has 1 unspecified atom stereocenters. The van der Waals surface area contributed by atoms with Gasteiger partial charge in [0.05, 0.1) is 29.8 Å². The van der Waals surface area contributed by atoms with Crippen LogP contribution in [0, 0.1) is 0 Å². The Morgan fingerprint density at radius 3 is 2.44 bits per heavy atom. The van der Waals surface area contributed by atoms with Crippen LogP contribution < -0.4 is 4.90 Å². The molecule has 0 bridgehead atoms. The first-order chi connectivity index (χ1) is 8.31. The molecule has 1 atom stereocenters. The van der Waals surface area contributed by atoms with E-state index < -0.39 is 0 Å². The number of methoxy groups -OCH3 is 1. The van der Waals surface area contributed by atoms with Crippen molar-refractivity contribution in [2.45, 2.75) is 45.8 Å². The molecule has 0 radical (unpaired) electrons. The van der Waals surface area contributed by atoms with E-state index in [4.69, 9.17) is 4.74 Å². The molecule has 1 aromatic heterocycles. The molecule has 1 aromatic rings. The van der Waals surface area contributed by atoms with Gasteiger partial charge < -0.3 is 14.7 Å². The van der Waals surface area contributed by atoms with Crippen molar-refractivity contribution in [1.82, 2.24) is 4.98 Å². The molecular weight excluding hydrogens is 248 g/mol. The number of hydrogen-bond acceptors (Lipinski definition) is 5. The summed E-state index contributed by atoms with van der Waals surface area (Å²) in [6, 6.07) is 0.264.